The summed E-state index contributed by atoms with van der Waals surface area (Å²) < 4.78 is 1.95. The molecule has 0 aromatic carbocycles. The van der Waals surface area contributed by atoms with Gasteiger partial charge in [-0.25, -0.2) is 9.67 Å². The molecule has 1 saturated carbocycles. The van der Waals surface area contributed by atoms with Crippen LogP contribution in [0.2, 0.25) is 0 Å². The highest BCUT2D eigenvalue weighted by atomic mass is 16.3. The molecule has 2 heterocycles. The third-order valence-electron chi connectivity index (χ3n) is 4.33. The van der Waals surface area contributed by atoms with Gasteiger partial charge in [-0.1, -0.05) is 6.42 Å². The molecule has 1 aliphatic rings. The van der Waals surface area contributed by atoms with Crippen LogP contribution >= 0.6 is 0 Å². The van der Waals surface area contributed by atoms with Crippen molar-refractivity contribution in [3.05, 3.63) is 24.0 Å². The highest BCUT2D eigenvalue weighted by Crippen LogP contribution is 2.24. The number of aromatic nitrogens is 3. The lowest BCUT2D eigenvalue weighted by molar-refractivity contribution is 0.131. The molecule has 0 unspecified atom stereocenters. The molecule has 5 heteroatoms. The fraction of sp³-hybridized carbons (Fsp3) is 0.625. The van der Waals surface area contributed by atoms with E-state index in [1.165, 1.54) is 5.56 Å². The minimum atomic E-state index is -0.123. The zero-order valence-corrected chi connectivity index (χ0v) is 12.8. The molecule has 0 radical (unpaired) electrons. The average molecular weight is 288 g/mol. The van der Waals surface area contributed by atoms with Crippen LogP contribution in [0.1, 0.15) is 44.7 Å². The van der Waals surface area contributed by atoms with E-state index in [9.17, 15) is 5.11 Å². The Balaban J connectivity index is 1.62. The summed E-state index contributed by atoms with van der Waals surface area (Å²) in [4.78, 5) is 4.54. The Morgan fingerprint density at radius 3 is 2.95 bits per heavy atom. The number of nitrogens with zero attached hydrogens (tertiary/aromatic N) is 3. The number of hydrogen-bond acceptors (Lipinski definition) is 4. The standard InChI is InChI=1S/C16H24N4O/c1-11(2)20-16-14(10-19-20)6-12(8-18-16)7-17-9-13-4-3-5-15(13)21/h6,8,10-11,13,15,17,21H,3-5,7,9H2,1-2H3/t13-,15+/m1/s1. The third kappa shape index (κ3) is 3.09. The first kappa shape index (κ1) is 14.5. The van der Waals surface area contributed by atoms with Gasteiger partial charge < -0.3 is 10.4 Å². The van der Waals surface area contributed by atoms with E-state index in [0.29, 0.717) is 12.0 Å². The first-order valence-electron chi connectivity index (χ1n) is 7.86. The Bertz CT molecular complexity index is 607. The van der Waals surface area contributed by atoms with Crippen molar-refractivity contribution in [1.82, 2.24) is 20.1 Å². The Hall–Kier alpha value is -1.46. The van der Waals surface area contributed by atoms with Crippen LogP contribution in [-0.2, 0) is 6.54 Å². The van der Waals surface area contributed by atoms with Gasteiger partial charge in [0.25, 0.3) is 0 Å². The van der Waals surface area contributed by atoms with Crippen LogP contribution in [0, 0.1) is 5.92 Å². The smallest absolute Gasteiger partial charge is 0.157 e. The van der Waals surface area contributed by atoms with Crippen molar-refractivity contribution in [2.45, 2.75) is 51.8 Å². The van der Waals surface area contributed by atoms with Crippen molar-refractivity contribution in [2.75, 3.05) is 6.54 Å². The molecule has 1 fully saturated rings. The van der Waals surface area contributed by atoms with Gasteiger partial charge in [0.2, 0.25) is 0 Å². The van der Waals surface area contributed by atoms with Crippen LogP contribution in [0.4, 0.5) is 0 Å². The highest BCUT2D eigenvalue weighted by Gasteiger charge is 2.24. The van der Waals surface area contributed by atoms with Crippen LogP contribution in [0.5, 0.6) is 0 Å². The number of aliphatic hydroxyl groups excluding tert-OH is 1. The van der Waals surface area contributed by atoms with Gasteiger partial charge in [-0.05, 0) is 44.2 Å². The van der Waals surface area contributed by atoms with Crippen LogP contribution in [0.25, 0.3) is 11.0 Å². The Morgan fingerprint density at radius 1 is 1.38 bits per heavy atom. The van der Waals surface area contributed by atoms with Crippen molar-refractivity contribution in [3.63, 3.8) is 0 Å². The summed E-state index contributed by atoms with van der Waals surface area (Å²) in [5.74, 6) is 0.408. The zero-order valence-electron chi connectivity index (χ0n) is 12.8. The van der Waals surface area contributed by atoms with E-state index in [1.54, 1.807) is 0 Å². The van der Waals surface area contributed by atoms with E-state index in [1.807, 2.05) is 17.1 Å². The van der Waals surface area contributed by atoms with Gasteiger partial charge in [-0.3, -0.25) is 0 Å². The quantitative estimate of drug-likeness (QED) is 0.886. The summed E-state index contributed by atoms with van der Waals surface area (Å²) in [6, 6.07) is 2.47. The zero-order chi connectivity index (χ0) is 14.8. The largest absolute Gasteiger partial charge is 0.393 e. The molecule has 0 spiro atoms. The maximum Gasteiger partial charge on any atom is 0.157 e. The lowest BCUT2D eigenvalue weighted by Crippen LogP contribution is -2.27. The second-order valence-electron chi connectivity index (χ2n) is 6.33. The van der Waals surface area contributed by atoms with Crippen molar-refractivity contribution in [3.8, 4) is 0 Å². The fourth-order valence-corrected chi connectivity index (χ4v) is 3.12. The van der Waals surface area contributed by atoms with E-state index < -0.39 is 0 Å². The average Bonchev–Trinajstić information content (AvgIpc) is 3.05. The summed E-state index contributed by atoms with van der Waals surface area (Å²) in [7, 11) is 0. The van der Waals surface area contributed by atoms with Crippen molar-refractivity contribution in [1.29, 1.82) is 0 Å². The maximum atomic E-state index is 9.82. The van der Waals surface area contributed by atoms with Gasteiger partial charge in [0.15, 0.2) is 5.65 Å². The summed E-state index contributed by atoms with van der Waals surface area (Å²) >= 11 is 0. The molecule has 0 aliphatic heterocycles. The molecule has 1 aliphatic carbocycles. The number of fused-ring (bicyclic) bond motifs is 1. The van der Waals surface area contributed by atoms with Gasteiger partial charge in [-0.2, -0.15) is 5.10 Å². The molecule has 0 bridgehead atoms. The van der Waals surface area contributed by atoms with Crippen LogP contribution in [-0.4, -0.2) is 32.5 Å². The lowest BCUT2D eigenvalue weighted by atomic mass is 10.1. The van der Waals surface area contributed by atoms with Crippen molar-refractivity contribution in [2.24, 2.45) is 5.92 Å². The molecular weight excluding hydrogens is 264 g/mol. The predicted octanol–water partition coefficient (Wildman–Crippen LogP) is 2.26. The Kier molecular flexibility index (Phi) is 4.22. The van der Waals surface area contributed by atoms with Gasteiger partial charge in [0, 0.05) is 30.7 Å². The summed E-state index contributed by atoms with van der Waals surface area (Å²) in [5.41, 5.74) is 2.11. The molecule has 114 valence electrons. The minimum Gasteiger partial charge on any atom is -0.393 e. The number of aliphatic hydroxyl groups is 1. The fourth-order valence-electron chi connectivity index (χ4n) is 3.12. The number of nitrogens with one attached hydrogen (secondary N) is 1. The first-order valence-corrected chi connectivity index (χ1v) is 7.86. The van der Waals surface area contributed by atoms with Gasteiger partial charge in [0.1, 0.15) is 0 Å². The molecule has 0 saturated heterocycles. The van der Waals surface area contributed by atoms with E-state index in [-0.39, 0.29) is 6.10 Å². The topological polar surface area (TPSA) is 63.0 Å². The molecule has 2 aromatic rings. The second-order valence-corrected chi connectivity index (χ2v) is 6.33. The third-order valence-corrected chi connectivity index (χ3v) is 4.33. The molecule has 0 amide bonds. The SMILES string of the molecule is CC(C)n1ncc2cc(CNC[C@H]3CCC[C@@H]3O)cnc21. The van der Waals surface area contributed by atoms with Gasteiger partial charge >= 0.3 is 0 Å². The van der Waals surface area contributed by atoms with Crippen LogP contribution in [0.15, 0.2) is 18.5 Å². The molecule has 3 rings (SSSR count). The van der Waals surface area contributed by atoms with Crippen LogP contribution in [0.3, 0.4) is 0 Å². The first-order chi connectivity index (χ1) is 10.1. The molecule has 21 heavy (non-hydrogen) atoms. The molecule has 2 aromatic heterocycles. The maximum absolute atomic E-state index is 9.82. The summed E-state index contributed by atoms with van der Waals surface area (Å²) in [6.07, 6.45) is 6.91. The monoisotopic (exact) mass is 288 g/mol. The molecular formula is C16H24N4O. The van der Waals surface area contributed by atoms with Crippen molar-refractivity contribution >= 4 is 11.0 Å². The number of pyridine rings is 1. The Morgan fingerprint density at radius 2 is 2.24 bits per heavy atom. The van der Waals surface area contributed by atoms with E-state index in [2.05, 4.69) is 35.3 Å². The normalized spacial score (nSPS) is 22.5. The summed E-state index contributed by atoms with van der Waals surface area (Å²) in [5, 5.41) is 18.7. The minimum absolute atomic E-state index is 0.123. The molecule has 5 nitrogen and oxygen atoms in total. The van der Waals surface area contributed by atoms with E-state index >= 15 is 0 Å². The molecule has 2 atom stereocenters. The summed E-state index contributed by atoms with van der Waals surface area (Å²) in [6.45, 7) is 5.89. The molecule has 2 N–H and O–H groups in total. The van der Waals surface area contributed by atoms with E-state index in [4.69, 9.17) is 0 Å². The second kappa shape index (κ2) is 6.12. The van der Waals surface area contributed by atoms with Gasteiger partial charge in [-0.15, -0.1) is 0 Å². The van der Waals surface area contributed by atoms with Crippen LogP contribution < -0.4 is 5.32 Å². The lowest BCUT2D eigenvalue weighted by Gasteiger charge is -2.15. The number of hydrogen-bond donors (Lipinski definition) is 2. The predicted molar refractivity (Wildman–Crippen MR) is 83.0 cm³/mol. The highest BCUT2D eigenvalue weighted by molar-refractivity contribution is 5.75. The van der Waals surface area contributed by atoms with E-state index in [0.717, 1.165) is 43.4 Å². The Labute approximate surface area is 125 Å². The van der Waals surface area contributed by atoms with Gasteiger partial charge in [0.05, 0.1) is 12.3 Å². The van der Waals surface area contributed by atoms with Crippen molar-refractivity contribution < 1.29 is 5.11 Å². The number of rotatable bonds is 5.